The van der Waals surface area contributed by atoms with Crippen LogP contribution in [0.25, 0.3) is 0 Å². The zero-order valence-corrected chi connectivity index (χ0v) is 8.22. The highest BCUT2D eigenvalue weighted by Gasteiger charge is 2.25. The Labute approximate surface area is 82.9 Å². The van der Waals surface area contributed by atoms with Crippen molar-refractivity contribution in [3.05, 3.63) is 35.1 Å². The maximum Gasteiger partial charge on any atom is 0.140 e. The van der Waals surface area contributed by atoms with Gasteiger partial charge in [-0.3, -0.25) is 4.79 Å². The van der Waals surface area contributed by atoms with E-state index in [0.717, 1.165) is 18.4 Å². The molecular weight excluding hydrogens is 179 g/mol. The molecule has 0 aliphatic heterocycles. The number of aryl methyl sites for hydroxylation is 1. The highest BCUT2D eigenvalue weighted by atomic mass is 19.1. The van der Waals surface area contributed by atoms with E-state index in [9.17, 15) is 9.18 Å². The van der Waals surface area contributed by atoms with Crippen LogP contribution in [0.4, 0.5) is 4.39 Å². The summed E-state index contributed by atoms with van der Waals surface area (Å²) in [4.78, 5) is 11.5. The summed E-state index contributed by atoms with van der Waals surface area (Å²) in [5.74, 6) is 0.129. The third-order valence-corrected chi connectivity index (χ3v) is 2.89. The van der Waals surface area contributed by atoms with Gasteiger partial charge < -0.3 is 0 Å². The lowest BCUT2D eigenvalue weighted by Gasteiger charge is -2.09. The molecule has 0 heterocycles. The molecular formula is C12H13FO. The number of carbonyl (C=O) groups is 1. The number of carbonyl (C=O) groups excluding carboxylic acids is 1. The first-order valence-electron chi connectivity index (χ1n) is 4.97. The van der Waals surface area contributed by atoms with Gasteiger partial charge in [0.25, 0.3) is 0 Å². The van der Waals surface area contributed by atoms with Crippen molar-refractivity contribution in [1.29, 1.82) is 0 Å². The topological polar surface area (TPSA) is 17.1 Å². The SMILES string of the molecule is Cc1cc(C2CCCC2=O)ccc1F. The second-order valence-electron chi connectivity index (χ2n) is 3.92. The average Bonchev–Trinajstić information content (AvgIpc) is 2.57. The van der Waals surface area contributed by atoms with Gasteiger partial charge in [-0.15, -0.1) is 0 Å². The lowest BCUT2D eigenvalue weighted by atomic mass is 9.95. The van der Waals surface area contributed by atoms with E-state index in [4.69, 9.17) is 0 Å². The fourth-order valence-corrected chi connectivity index (χ4v) is 2.05. The van der Waals surface area contributed by atoms with Crippen molar-refractivity contribution in [2.45, 2.75) is 32.1 Å². The van der Waals surface area contributed by atoms with Crippen molar-refractivity contribution in [2.24, 2.45) is 0 Å². The summed E-state index contributed by atoms with van der Waals surface area (Å²) in [5.41, 5.74) is 1.61. The molecule has 0 spiro atoms. The van der Waals surface area contributed by atoms with E-state index in [1.807, 2.05) is 0 Å². The average molecular weight is 192 g/mol. The summed E-state index contributed by atoms with van der Waals surface area (Å²) in [5, 5.41) is 0. The number of benzene rings is 1. The lowest BCUT2D eigenvalue weighted by Crippen LogP contribution is -2.04. The Morgan fingerprint density at radius 3 is 2.79 bits per heavy atom. The zero-order chi connectivity index (χ0) is 10.1. The quantitative estimate of drug-likeness (QED) is 0.668. The summed E-state index contributed by atoms with van der Waals surface area (Å²) in [7, 11) is 0. The summed E-state index contributed by atoms with van der Waals surface area (Å²) < 4.78 is 13.0. The van der Waals surface area contributed by atoms with E-state index >= 15 is 0 Å². The third-order valence-electron chi connectivity index (χ3n) is 2.89. The Hall–Kier alpha value is -1.18. The number of halogens is 1. The minimum Gasteiger partial charge on any atom is -0.299 e. The standard InChI is InChI=1S/C12H13FO/c1-8-7-9(5-6-11(8)13)10-3-2-4-12(10)14/h5-7,10H,2-4H2,1H3. The van der Waals surface area contributed by atoms with Gasteiger partial charge in [0.2, 0.25) is 0 Å². The molecule has 2 rings (SSSR count). The molecule has 0 amide bonds. The maximum absolute atomic E-state index is 13.0. The van der Waals surface area contributed by atoms with Crippen molar-refractivity contribution < 1.29 is 9.18 Å². The molecule has 1 aliphatic carbocycles. The fraction of sp³-hybridized carbons (Fsp3) is 0.417. The van der Waals surface area contributed by atoms with E-state index in [0.29, 0.717) is 17.8 Å². The van der Waals surface area contributed by atoms with Gasteiger partial charge in [-0.2, -0.15) is 0 Å². The van der Waals surface area contributed by atoms with Gasteiger partial charge in [0.05, 0.1) is 0 Å². The predicted octanol–water partition coefficient (Wildman–Crippen LogP) is 2.97. The third kappa shape index (κ3) is 1.57. The van der Waals surface area contributed by atoms with E-state index < -0.39 is 0 Å². The van der Waals surface area contributed by atoms with Crippen LogP contribution in [-0.4, -0.2) is 5.78 Å². The van der Waals surface area contributed by atoms with Gasteiger partial charge in [0.15, 0.2) is 0 Å². The monoisotopic (exact) mass is 192 g/mol. The predicted molar refractivity (Wildman–Crippen MR) is 52.7 cm³/mol. The molecule has 74 valence electrons. The van der Waals surface area contributed by atoms with E-state index in [1.165, 1.54) is 6.07 Å². The highest BCUT2D eigenvalue weighted by Crippen LogP contribution is 2.31. The zero-order valence-electron chi connectivity index (χ0n) is 8.22. The van der Waals surface area contributed by atoms with Crippen molar-refractivity contribution in [3.8, 4) is 0 Å². The van der Waals surface area contributed by atoms with Crippen molar-refractivity contribution in [1.82, 2.24) is 0 Å². The maximum atomic E-state index is 13.0. The highest BCUT2D eigenvalue weighted by molar-refractivity contribution is 5.87. The first-order chi connectivity index (χ1) is 6.68. The molecule has 1 aliphatic rings. The Morgan fingerprint density at radius 2 is 2.21 bits per heavy atom. The van der Waals surface area contributed by atoms with Crippen LogP contribution in [0, 0.1) is 12.7 Å². The second-order valence-corrected chi connectivity index (χ2v) is 3.92. The smallest absolute Gasteiger partial charge is 0.140 e. The van der Waals surface area contributed by atoms with Gasteiger partial charge >= 0.3 is 0 Å². The van der Waals surface area contributed by atoms with Crippen LogP contribution in [0.1, 0.15) is 36.3 Å². The van der Waals surface area contributed by atoms with Crippen LogP contribution in [0.5, 0.6) is 0 Å². The van der Waals surface area contributed by atoms with Crippen LogP contribution in [0.3, 0.4) is 0 Å². The van der Waals surface area contributed by atoms with Gasteiger partial charge in [0, 0.05) is 12.3 Å². The Morgan fingerprint density at radius 1 is 1.43 bits per heavy atom. The van der Waals surface area contributed by atoms with Crippen LogP contribution in [0.15, 0.2) is 18.2 Å². The van der Waals surface area contributed by atoms with Gasteiger partial charge in [0.1, 0.15) is 11.6 Å². The lowest BCUT2D eigenvalue weighted by molar-refractivity contribution is -0.118. The number of rotatable bonds is 1. The molecule has 14 heavy (non-hydrogen) atoms. The van der Waals surface area contributed by atoms with E-state index in [2.05, 4.69) is 0 Å². The summed E-state index contributed by atoms with van der Waals surface area (Å²) in [6, 6.07) is 4.98. The number of Topliss-reactive ketones (excluding diaryl/α,β-unsaturated/α-hetero) is 1. The second kappa shape index (κ2) is 3.52. The number of hydrogen-bond donors (Lipinski definition) is 0. The normalized spacial score (nSPS) is 21.6. The molecule has 1 fully saturated rings. The Balaban J connectivity index is 2.32. The fourth-order valence-electron chi connectivity index (χ4n) is 2.05. The largest absolute Gasteiger partial charge is 0.299 e. The molecule has 1 atom stereocenters. The summed E-state index contributed by atoms with van der Waals surface area (Å²) >= 11 is 0. The summed E-state index contributed by atoms with van der Waals surface area (Å²) in [6.45, 7) is 1.73. The molecule has 0 radical (unpaired) electrons. The number of ketones is 1. The van der Waals surface area contributed by atoms with Gasteiger partial charge in [-0.25, -0.2) is 4.39 Å². The molecule has 0 aromatic heterocycles. The Kier molecular flexibility index (Phi) is 2.36. The van der Waals surface area contributed by atoms with E-state index in [1.54, 1.807) is 19.1 Å². The molecule has 1 aromatic rings. The summed E-state index contributed by atoms with van der Waals surface area (Å²) in [6.07, 6.45) is 2.57. The van der Waals surface area contributed by atoms with Crippen LogP contribution in [0.2, 0.25) is 0 Å². The molecule has 1 nitrogen and oxygen atoms in total. The van der Waals surface area contributed by atoms with Crippen molar-refractivity contribution in [3.63, 3.8) is 0 Å². The molecule has 1 aromatic carbocycles. The van der Waals surface area contributed by atoms with Gasteiger partial charge in [-0.05, 0) is 37.0 Å². The Bertz CT molecular complexity index is 371. The minimum atomic E-state index is -0.195. The van der Waals surface area contributed by atoms with Crippen molar-refractivity contribution in [2.75, 3.05) is 0 Å². The van der Waals surface area contributed by atoms with Gasteiger partial charge in [-0.1, -0.05) is 12.1 Å². The molecule has 1 saturated carbocycles. The van der Waals surface area contributed by atoms with Crippen LogP contribution < -0.4 is 0 Å². The molecule has 2 heteroatoms. The van der Waals surface area contributed by atoms with Crippen LogP contribution >= 0.6 is 0 Å². The number of hydrogen-bond acceptors (Lipinski definition) is 1. The van der Waals surface area contributed by atoms with E-state index in [-0.39, 0.29) is 11.7 Å². The van der Waals surface area contributed by atoms with Crippen LogP contribution in [-0.2, 0) is 4.79 Å². The first-order valence-corrected chi connectivity index (χ1v) is 4.97. The molecule has 0 N–H and O–H groups in total. The molecule has 1 unspecified atom stereocenters. The first kappa shape index (κ1) is 9.38. The molecule has 0 bridgehead atoms. The minimum absolute atomic E-state index is 0.0225. The molecule has 0 saturated heterocycles. The van der Waals surface area contributed by atoms with Crippen molar-refractivity contribution >= 4 is 5.78 Å².